The van der Waals surface area contributed by atoms with Crippen LogP contribution < -0.4 is 4.74 Å². The van der Waals surface area contributed by atoms with Crippen molar-refractivity contribution in [3.8, 4) is 5.75 Å². The minimum Gasteiger partial charge on any atom is -0.427 e. The van der Waals surface area contributed by atoms with E-state index in [9.17, 15) is 4.79 Å². The van der Waals surface area contributed by atoms with Gasteiger partial charge in [0.2, 0.25) is 0 Å². The van der Waals surface area contributed by atoms with Crippen molar-refractivity contribution in [2.24, 2.45) is 0 Å². The van der Waals surface area contributed by atoms with Gasteiger partial charge >= 0.3 is 5.97 Å². The molecule has 0 N–H and O–H groups in total. The van der Waals surface area contributed by atoms with Crippen molar-refractivity contribution in [2.75, 3.05) is 39.3 Å². The Hall–Kier alpha value is -4.19. The van der Waals surface area contributed by atoms with Crippen LogP contribution in [0.5, 0.6) is 5.75 Å². The minimum atomic E-state index is -0.286. The van der Waals surface area contributed by atoms with Crippen LogP contribution >= 0.6 is 0 Å². The normalized spacial score (nSPS) is 13.6. The maximum atomic E-state index is 10.4. The standard InChI is InChI=1S/C28H32N2O.C8H8O2/c1-4-11-25(12-5-1)13-10-18-29-19-21-30(22-20-29)23-24-31-28(26-14-6-2-7-15-26)27-16-8-3-9-17-27;1-7(9)10-8-5-3-2-4-6-8/h1-12,14-18,28H,13,19-24H2;2-6H,1H3/b18-10+;. The lowest BCUT2D eigenvalue weighted by Gasteiger charge is -2.34. The first kappa shape index (κ1) is 29.8. The highest BCUT2D eigenvalue weighted by atomic mass is 16.5. The van der Waals surface area contributed by atoms with E-state index >= 15 is 0 Å². The number of hydrogen-bond acceptors (Lipinski definition) is 5. The lowest BCUT2D eigenvalue weighted by atomic mass is 10.0. The third-order valence-electron chi connectivity index (χ3n) is 6.82. The number of piperazine rings is 1. The summed E-state index contributed by atoms with van der Waals surface area (Å²) in [5.74, 6) is 0.307. The molecule has 0 bridgehead atoms. The van der Waals surface area contributed by atoms with Crippen molar-refractivity contribution in [1.82, 2.24) is 9.80 Å². The summed E-state index contributed by atoms with van der Waals surface area (Å²) in [6.07, 6.45) is 5.53. The number of ether oxygens (including phenoxy) is 2. The number of nitrogens with zero attached hydrogens (tertiary/aromatic N) is 2. The Morgan fingerprint density at radius 3 is 1.78 bits per heavy atom. The van der Waals surface area contributed by atoms with Crippen molar-refractivity contribution in [1.29, 1.82) is 0 Å². The average molecular weight is 549 g/mol. The zero-order valence-corrected chi connectivity index (χ0v) is 23.8. The van der Waals surface area contributed by atoms with Crippen LogP contribution in [0.25, 0.3) is 0 Å². The van der Waals surface area contributed by atoms with Gasteiger partial charge in [0, 0.05) is 39.6 Å². The molecule has 0 amide bonds. The third kappa shape index (κ3) is 10.7. The molecule has 4 aromatic carbocycles. The number of hydrogen-bond donors (Lipinski definition) is 0. The fourth-order valence-electron chi connectivity index (χ4n) is 4.68. The van der Waals surface area contributed by atoms with Gasteiger partial charge in [-0.15, -0.1) is 0 Å². The van der Waals surface area contributed by atoms with Gasteiger partial charge < -0.3 is 14.4 Å². The van der Waals surface area contributed by atoms with Crippen LogP contribution in [0.2, 0.25) is 0 Å². The summed E-state index contributed by atoms with van der Waals surface area (Å²) >= 11 is 0. The molecule has 1 heterocycles. The van der Waals surface area contributed by atoms with Gasteiger partial charge in [-0.05, 0) is 41.4 Å². The molecule has 0 atom stereocenters. The molecule has 5 heteroatoms. The largest absolute Gasteiger partial charge is 0.427 e. The van der Waals surface area contributed by atoms with Crippen molar-refractivity contribution in [3.05, 3.63) is 150 Å². The smallest absolute Gasteiger partial charge is 0.308 e. The maximum absolute atomic E-state index is 10.4. The lowest BCUT2D eigenvalue weighted by Crippen LogP contribution is -2.45. The number of benzene rings is 4. The molecule has 0 saturated carbocycles. The molecule has 1 aliphatic rings. The molecule has 0 unspecified atom stereocenters. The van der Waals surface area contributed by atoms with Gasteiger partial charge in [-0.2, -0.15) is 0 Å². The fraction of sp³-hybridized carbons (Fsp3) is 0.250. The predicted octanol–water partition coefficient (Wildman–Crippen LogP) is 6.78. The van der Waals surface area contributed by atoms with Crippen molar-refractivity contribution in [2.45, 2.75) is 19.4 Å². The molecular formula is C36H40N2O3. The zero-order valence-electron chi connectivity index (χ0n) is 23.8. The highest BCUT2D eigenvalue weighted by molar-refractivity contribution is 5.69. The Labute approximate surface area is 244 Å². The van der Waals surface area contributed by atoms with Crippen LogP contribution in [0.3, 0.4) is 0 Å². The molecule has 5 rings (SSSR count). The molecule has 1 aliphatic heterocycles. The second-order valence-electron chi connectivity index (χ2n) is 9.93. The fourth-order valence-corrected chi connectivity index (χ4v) is 4.68. The van der Waals surface area contributed by atoms with Crippen molar-refractivity contribution < 1.29 is 14.3 Å². The van der Waals surface area contributed by atoms with Gasteiger partial charge in [0.1, 0.15) is 11.9 Å². The molecule has 1 saturated heterocycles. The SMILES string of the molecule is C(=C\N1CCN(CCOC(c2ccccc2)c2ccccc2)CC1)/Cc1ccccc1.CC(=O)Oc1ccccc1. The van der Waals surface area contributed by atoms with E-state index in [0.717, 1.165) is 45.8 Å². The first-order chi connectivity index (χ1) is 20.2. The van der Waals surface area contributed by atoms with E-state index in [1.54, 1.807) is 12.1 Å². The molecular weight excluding hydrogens is 508 g/mol. The van der Waals surface area contributed by atoms with E-state index in [-0.39, 0.29) is 12.1 Å². The second kappa shape index (κ2) is 16.8. The van der Waals surface area contributed by atoms with E-state index in [1.165, 1.54) is 23.6 Å². The molecule has 41 heavy (non-hydrogen) atoms. The van der Waals surface area contributed by atoms with Gasteiger partial charge in [0.05, 0.1) is 6.61 Å². The number of carbonyl (C=O) groups excluding carboxylic acids is 1. The van der Waals surface area contributed by atoms with Crippen LogP contribution in [-0.2, 0) is 16.0 Å². The Morgan fingerprint density at radius 2 is 1.24 bits per heavy atom. The monoisotopic (exact) mass is 548 g/mol. The van der Waals surface area contributed by atoms with E-state index in [0.29, 0.717) is 5.75 Å². The van der Waals surface area contributed by atoms with E-state index < -0.39 is 0 Å². The van der Waals surface area contributed by atoms with Gasteiger partial charge in [-0.1, -0.05) is 115 Å². The second-order valence-corrected chi connectivity index (χ2v) is 9.93. The van der Waals surface area contributed by atoms with Gasteiger partial charge in [0.25, 0.3) is 0 Å². The molecule has 1 fully saturated rings. The average Bonchev–Trinajstić information content (AvgIpc) is 3.02. The van der Waals surface area contributed by atoms with Gasteiger partial charge in [-0.3, -0.25) is 9.69 Å². The van der Waals surface area contributed by atoms with E-state index in [2.05, 4.69) is 113 Å². The molecule has 0 aromatic heterocycles. The molecule has 4 aromatic rings. The van der Waals surface area contributed by atoms with Crippen LogP contribution in [0.1, 0.15) is 29.7 Å². The van der Waals surface area contributed by atoms with Crippen LogP contribution in [0, 0.1) is 0 Å². The highest BCUT2D eigenvalue weighted by Crippen LogP contribution is 2.25. The maximum Gasteiger partial charge on any atom is 0.308 e. The third-order valence-corrected chi connectivity index (χ3v) is 6.82. The Balaban J connectivity index is 0.000000328. The molecule has 5 nitrogen and oxygen atoms in total. The number of para-hydroxylation sites is 1. The summed E-state index contributed by atoms with van der Waals surface area (Å²) in [6, 6.07) is 40.7. The summed E-state index contributed by atoms with van der Waals surface area (Å²) in [7, 11) is 0. The highest BCUT2D eigenvalue weighted by Gasteiger charge is 2.17. The van der Waals surface area contributed by atoms with Crippen LogP contribution in [0.4, 0.5) is 0 Å². The Bertz CT molecular complexity index is 1250. The Morgan fingerprint density at radius 1 is 0.732 bits per heavy atom. The number of rotatable bonds is 10. The van der Waals surface area contributed by atoms with Gasteiger partial charge in [0.15, 0.2) is 0 Å². The summed E-state index contributed by atoms with van der Waals surface area (Å²) in [5, 5.41) is 0. The predicted molar refractivity (Wildman–Crippen MR) is 166 cm³/mol. The van der Waals surface area contributed by atoms with Crippen molar-refractivity contribution in [3.63, 3.8) is 0 Å². The lowest BCUT2D eigenvalue weighted by molar-refractivity contribution is -0.131. The first-order valence-corrected chi connectivity index (χ1v) is 14.3. The summed E-state index contributed by atoms with van der Waals surface area (Å²) in [6.45, 7) is 7.40. The summed E-state index contributed by atoms with van der Waals surface area (Å²) < 4.78 is 11.2. The number of carbonyl (C=O) groups is 1. The van der Waals surface area contributed by atoms with E-state index in [1.807, 2.05) is 18.2 Å². The van der Waals surface area contributed by atoms with Crippen LogP contribution in [0.15, 0.2) is 134 Å². The molecule has 0 spiro atoms. The number of esters is 1. The Kier molecular flexibility index (Phi) is 12.2. The zero-order chi connectivity index (χ0) is 28.5. The topological polar surface area (TPSA) is 42.0 Å². The van der Waals surface area contributed by atoms with Crippen LogP contribution in [-0.4, -0.2) is 55.1 Å². The molecule has 0 radical (unpaired) electrons. The van der Waals surface area contributed by atoms with E-state index in [4.69, 9.17) is 9.47 Å². The summed E-state index contributed by atoms with van der Waals surface area (Å²) in [4.78, 5) is 15.3. The van der Waals surface area contributed by atoms with Gasteiger partial charge in [-0.25, -0.2) is 0 Å². The first-order valence-electron chi connectivity index (χ1n) is 14.3. The minimum absolute atomic E-state index is 0.00962. The quantitative estimate of drug-likeness (QED) is 0.161. The molecule has 0 aliphatic carbocycles. The summed E-state index contributed by atoms with van der Waals surface area (Å²) in [5.41, 5.74) is 3.78. The number of allylic oxidation sites excluding steroid dienone is 1. The molecule has 212 valence electrons. The van der Waals surface area contributed by atoms with Crippen molar-refractivity contribution >= 4 is 5.97 Å².